The van der Waals surface area contributed by atoms with E-state index in [0.717, 1.165) is 37.9 Å². The zero-order valence-electron chi connectivity index (χ0n) is 18.9. The van der Waals surface area contributed by atoms with Crippen molar-refractivity contribution in [2.75, 3.05) is 26.2 Å². The van der Waals surface area contributed by atoms with E-state index in [4.69, 9.17) is 10.2 Å². The average molecular weight is 447 g/mol. The number of nitrogens with two attached hydrogens (primary N) is 1. The molecule has 172 valence electrons. The Bertz CT molecular complexity index is 1110. The van der Waals surface area contributed by atoms with Gasteiger partial charge in [0.25, 0.3) is 5.91 Å². The largest absolute Gasteiger partial charge is 0.436 e. The van der Waals surface area contributed by atoms with E-state index in [9.17, 15) is 9.59 Å². The second-order valence-electron chi connectivity index (χ2n) is 8.59. The number of piperidine rings is 1. The van der Waals surface area contributed by atoms with Crippen molar-refractivity contribution < 1.29 is 14.0 Å². The molecule has 1 aliphatic rings. The maximum absolute atomic E-state index is 12.9. The molecular weight excluding hydrogens is 416 g/mol. The molecule has 0 saturated carbocycles. The van der Waals surface area contributed by atoms with Gasteiger partial charge in [-0.3, -0.25) is 9.59 Å². The Labute approximate surface area is 194 Å². The van der Waals surface area contributed by atoms with Gasteiger partial charge in [0.15, 0.2) is 5.76 Å². The van der Waals surface area contributed by atoms with Crippen LogP contribution in [0.3, 0.4) is 0 Å². The molecular formula is C26H30N4O3. The number of carbonyl (C=O) groups excluding carboxylic acids is 2. The van der Waals surface area contributed by atoms with Crippen LogP contribution in [-0.4, -0.2) is 47.9 Å². The summed E-state index contributed by atoms with van der Waals surface area (Å²) < 4.78 is 5.99. The van der Waals surface area contributed by atoms with Crippen molar-refractivity contribution in [3.8, 4) is 22.8 Å². The number of oxazole rings is 1. The summed E-state index contributed by atoms with van der Waals surface area (Å²) in [6.45, 7) is 5.08. The van der Waals surface area contributed by atoms with Crippen LogP contribution in [0.4, 0.5) is 0 Å². The molecule has 33 heavy (non-hydrogen) atoms. The van der Waals surface area contributed by atoms with Crippen LogP contribution in [-0.2, 0) is 4.79 Å². The maximum Gasteiger partial charge on any atom is 0.252 e. The highest BCUT2D eigenvalue weighted by molar-refractivity contribution is 6.00. The van der Waals surface area contributed by atoms with Gasteiger partial charge in [-0.05, 0) is 51.4 Å². The minimum absolute atomic E-state index is 0.0641. The molecule has 0 radical (unpaired) electrons. The standard InChI is InChI=1S/C26H30N4O3/c1-18-9-11-19(12-10-18)23-16-29-26(33-23)22-8-3-2-7-21(22)25(32)28-13-5-15-30-14-4-6-20(17-30)24(27)31/h2-3,7-12,16,20H,4-6,13-15,17H2,1H3,(H2,27,31)(H,28,32). The maximum atomic E-state index is 12.9. The normalized spacial score (nSPS) is 16.5. The first-order valence-corrected chi connectivity index (χ1v) is 11.4. The summed E-state index contributed by atoms with van der Waals surface area (Å²) in [6.07, 6.45) is 4.34. The van der Waals surface area contributed by atoms with Crippen molar-refractivity contribution in [1.82, 2.24) is 15.2 Å². The fraction of sp³-hybridized carbons (Fsp3) is 0.346. The minimum Gasteiger partial charge on any atom is -0.436 e. The summed E-state index contributed by atoms with van der Waals surface area (Å²) in [4.78, 5) is 31.0. The van der Waals surface area contributed by atoms with Gasteiger partial charge in [-0.2, -0.15) is 0 Å². The number of hydrogen-bond acceptors (Lipinski definition) is 5. The third kappa shape index (κ3) is 5.68. The smallest absolute Gasteiger partial charge is 0.252 e. The van der Waals surface area contributed by atoms with Gasteiger partial charge in [0.2, 0.25) is 11.8 Å². The van der Waals surface area contributed by atoms with Gasteiger partial charge in [0, 0.05) is 24.2 Å². The number of hydrogen-bond donors (Lipinski definition) is 2. The van der Waals surface area contributed by atoms with Gasteiger partial charge in [-0.25, -0.2) is 4.98 Å². The summed E-state index contributed by atoms with van der Waals surface area (Å²) in [7, 11) is 0. The lowest BCUT2D eigenvalue weighted by Gasteiger charge is -2.31. The van der Waals surface area contributed by atoms with Gasteiger partial charge in [0.05, 0.1) is 17.7 Å². The molecule has 7 heteroatoms. The number of amides is 2. The molecule has 2 aromatic carbocycles. The Hall–Kier alpha value is -3.45. The number of primary amides is 1. The monoisotopic (exact) mass is 446 g/mol. The molecule has 3 N–H and O–H groups in total. The van der Waals surface area contributed by atoms with Crippen molar-refractivity contribution >= 4 is 11.8 Å². The molecule has 0 aliphatic carbocycles. The predicted octanol–water partition coefficient (Wildman–Crippen LogP) is 3.63. The molecule has 1 unspecified atom stereocenters. The predicted molar refractivity (Wildman–Crippen MR) is 127 cm³/mol. The molecule has 1 aliphatic heterocycles. The van der Waals surface area contributed by atoms with E-state index >= 15 is 0 Å². The van der Waals surface area contributed by atoms with Crippen molar-refractivity contribution in [2.24, 2.45) is 11.7 Å². The molecule has 1 saturated heterocycles. The van der Waals surface area contributed by atoms with Gasteiger partial charge in [-0.1, -0.05) is 42.0 Å². The summed E-state index contributed by atoms with van der Waals surface area (Å²) in [5.74, 6) is 0.639. The van der Waals surface area contributed by atoms with Gasteiger partial charge in [-0.15, -0.1) is 0 Å². The fourth-order valence-corrected chi connectivity index (χ4v) is 4.21. The van der Waals surface area contributed by atoms with Crippen LogP contribution in [0.25, 0.3) is 22.8 Å². The lowest BCUT2D eigenvalue weighted by Crippen LogP contribution is -2.42. The SMILES string of the molecule is Cc1ccc(-c2cnc(-c3ccccc3C(=O)NCCCN3CCCC(C(N)=O)C3)o2)cc1. The Morgan fingerprint density at radius 2 is 1.97 bits per heavy atom. The van der Waals surface area contributed by atoms with E-state index in [-0.39, 0.29) is 17.7 Å². The number of nitrogens with zero attached hydrogens (tertiary/aromatic N) is 2. The summed E-state index contributed by atoms with van der Waals surface area (Å²) in [5, 5.41) is 3.00. The van der Waals surface area contributed by atoms with Crippen molar-refractivity contribution in [3.63, 3.8) is 0 Å². The number of nitrogens with one attached hydrogen (secondary N) is 1. The van der Waals surface area contributed by atoms with Crippen LogP contribution in [0.15, 0.2) is 59.1 Å². The Morgan fingerprint density at radius 1 is 1.18 bits per heavy atom. The molecule has 7 nitrogen and oxygen atoms in total. The Balaban J connectivity index is 1.36. The number of carbonyl (C=O) groups is 2. The van der Waals surface area contributed by atoms with Gasteiger partial charge < -0.3 is 20.4 Å². The Kier molecular flexibility index (Phi) is 7.19. The molecule has 1 atom stereocenters. The first-order valence-electron chi connectivity index (χ1n) is 11.4. The first kappa shape index (κ1) is 22.7. The molecule has 1 aromatic heterocycles. The van der Waals surface area contributed by atoms with Crippen LogP contribution in [0.5, 0.6) is 0 Å². The number of benzene rings is 2. The van der Waals surface area contributed by atoms with E-state index in [2.05, 4.69) is 15.2 Å². The van der Waals surface area contributed by atoms with Crippen LogP contribution < -0.4 is 11.1 Å². The molecule has 3 aromatic rings. The lowest BCUT2D eigenvalue weighted by atomic mass is 9.97. The van der Waals surface area contributed by atoms with E-state index in [1.165, 1.54) is 5.56 Å². The van der Waals surface area contributed by atoms with Crippen LogP contribution in [0.2, 0.25) is 0 Å². The molecule has 0 bridgehead atoms. The second-order valence-corrected chi connectivity index (χ2v) is 8.59. The molecule has 2 heterocycles. The average Bonchev–Trinajstić information content (AvgIpc) is 3.32. The van der Waals surface area contributed by atoms with Gasteiger partial charge in [0.1, 0.15) is 0 Å². The van der Waals surface area contributed by atoms with Crippen molar-refractivity contribution in [1.29, 1.82) is 0 Å². The molecule has 0 spiro atoms. The molecule has 4 rings (SSSR count). The summed E-state index contributed by atoms with van der Waals surface area (Å²) in [6, 6.07) is 15.4. The molecule has 1 fully saturated rings. The zero-order valence-corrected chi connectivity index (χ0v) is 18.9. The molecule has 2 amide bonds. The lowest BCUT2D eigenvalue weighted by molar-refractivity contribution is -0.123. The second kappa shape index (κ2) is 10.4. The summed E-state index contributed by atoms with van der Waals surface area (Å²) >= 11 is 0. The minimum atomic E-state index is -0.221. The van der Waals surface area contributed by atoms with E-state index in [1.807, 2.05) is 49.4 Å². The number of likely N-dealkylation sites (tertiary alicyclic amines) is 1. The highest BCUT2D eigenvalue weighted by Gasteiger charge is 2.23. The number of rotatable bonds is 8. The van der Waals surface area contributed by atoms with Crippen molar-refractivity contribution in [2.45, 2.75) is 26.2 Å². The van der Waals surface area contributed by atoms with Crippen LogP contribution in [0.1, 0.15) is 35.2 Å². The number of aromatic nitrogens is 1. The third-order valence-corrected chi connectivity index (χ3v) is 6.09. The van der Waals surface area contributed by atoms with E-state index < -0.39 is 0 Å². The first-order chi connectivity index (χ1) is 16.0. The fourth-order valence-electron chi connectivity index (χ4n) is 4.21. The highest BCUT2D eigenvalue weighted by Crippen LogP contribution is 2.28. The van der Waals surface area contributed by atoms with Gasteiger partial charge >= 0.3 is 0 Å². The third-order valence-electron chi connectivity index (χ3n) is 6.09. The van der Waals surface area contributed by atoms with Crippen LogP contribution >= 0.6 is 0 Å². The van der Waals surface area contributed by atoms with E-state index in [0.29, 0.717) is 35.9 Å². The van der Waals surface area contributed by atoms with Crippen molar-refractivity contribution in [3.05, 3.63) is 65.9 Å². The summed E-state index contributed by atoms with van der Waals surface area (Å²) in [5.41, 5.74) is 8.76. The quantitative estimate of drug-likeness (QED) is 0.515. The van der Waals surface area contributed by atoms with Crippen LogP contribution in [0, 0.1) is 12.8 Å². The number of aryl methyl sites for hydroxylation is 1. The zero-order chi connectivity index (χ0) is 23.2. The Morgan fingerprint density at radius 3 is 2.76 bits per heavy atom. The highest BCUT2D eigenvalue weighted by atomic mass is 16.4. The topological polar surface area (TPSA) is 101 Å². The van der Waals surface area contributed by atoms with E-state index in [1.54, 1.807) is 12.3 Å².